The minimum atomic E-state index is -0.939. The van der Waals surface area contributed by atoms with Gasteiger partial charge in [0.2, 0.25) is 5.88 Å². The smallest absolute Gasteiger partial charge is 0.326 e. The zero-order valence-electron chi connectivity index (χ0n) is 23.6. The topological polar surface area (TPSA) is 143 Å². The Labute approximate surface area is 245 Å². The van der Waals surface area contributed by atoms with Gasteiger partial charge in [0, 0.05) is 56.1 Å². The molecule has 0 aromatic carbocycles. The number of carbonyl (C=O) groups is 1. The van der Waals surface area contributed by atoms with E-state index in [1.807, 2.05) is 18.2 Å². The molecule has 1 unspecified atom stereocenters. The van der Waals surface area contributed by atoms with Crippen molar-refractivity contribution in [2.24, 2.45) is 0 Å². The number of nitrogens with one attached hydrogen (secondary N) is 2. The molecule has 0 saturated heterocycles. The van der Waals surface area contributed by atoms with E-state index in [0.717, 1.165) is 56.7 Å². The molecule has 4 aromatic heterocycles. The van der Waals surface area contributed by atoms with Crippen molar-refractivity contribution in [3.63, 3.8) is 0 Å². The summed E-state index contributed by atoms with van der Waals surface area (Å²) in [5, 5.41) is 20.6. The van der Waals surface area contributed by atoms with Crippen molar-refractivity contribution in [1.29, 1.82) is 0 Å². The van der Waals surface area contributed by atoms with Crippen molar-refractivity contribution in [1.82, 2.24) is 34.6 Å². The monoisotopic (exact) mass is 571 g/mol. The van der Waals surface area contributed by atoms with Crippen LogP contribution in [0.15, 0.2) is 67.4 Å². The fourth-order valence-electron chi connectivity index (χ4n) is 4.90. The standard InChI is InChI=1S/C30H37N9O3/c40-30(41)25(37-26-21-27(34-22-33-26)39-17-6-15-35-39)12-18-38(19-20-42-28-9-1-3-13-31-28)16-4-2-8-24-11-10-23-7-5-14-32-29(23)36-24/h1,3,6,9-11,13,15,17,21-22,25H,2,4-5,7-8,12,14,16,18-20H2,(H,32,36)(H,40,41)(H,33,34,37). The molecule has 12 heteroatoms. The Morgan fingerprint density at radius 3 is 2.88 bits per heavy atom. The zero-order chi connectivity index (χ0) is 29.0. The number of ether oxygens (including phenoxy) is 1. The molecule has 3 N–H and O–H groups in total. The average Bonchev–Trinajstić information content (AvgIpc) is 3.57. The Morgan fingerprint density at radius 2 is 2.05 bits per heavy atom. The van der Waals surface area contributed by atoms with Gasteiger partial charge in [-0.3, -0.25) is 4.90 Å². The first-order chi connectivity index (χ1) is 20.6. The predicted octanol–water partition coefficient (Wildman–Crippen LogP) is 3.47. The number of aromatic nitrogens is 6. The lowest BCUT2D eigenvalue weighted by Crippen LogP contribution is -2.37. The summed E-state index contributed by atoms with van der Waals surface area (Å²) in [6.07, 6.45) is 12.0. The molecule has 1 aliphatic heterocycles. The molecule has 0 bridgehead atoms. The largest absolute Gasteiger partial charge is 0.480 e. The van der Waals surface area contributed by atoms with Crippen LogP contribution in [0.1, 0.15) is 36.9 Å². The molecule has 220 valence electrons. The van der Waals surface area contributed by atoms with Crippen LogP contribution >= 0.6 is 0 Å². The number of unbranched alkanes of at least 4 members (excludes halogenated alkanes) is 1. The second kappa shape index (κ2) is 14.9. The Morgan fingerprint density at radius 1 is 1.10 bits per heavy atom. The number of rotatable bonds is 16. The first-order valence-corrected chi connectivity index (χ1v) is 14.4. The summed E-state index contributed by atoms with van der Waals surface area (Å²) in [5.41, 5.74) is 2.40. The quantitative estimate of drug-likeness (QED) is 0.170. The molecule has 0 radical (unpaired) electrons. The third-order valence-corrected chi connectivity index (χ3v) is 7.15. The maximum absolute atomic E-state index is 12.2. The molecule has 1 atom stereocenters. The molecule has 5 rings (SSSR count). The van der Waals surface area contributed by atoms with Gasteiger partial charge in [-0.2, -0.15) is 5.10 Å². The summed E-state index contributed by atoms with van der Waals surface area (Å²) in [6.45, 7) is 3.49. The molecule has 0 saturated carbocycles. The van der Waals surface area contributed by atoms with E-state index in [4.69, 9.17) is 9.72 Å². The number of hydrogen-bond acceptors (Lipinski definition) is 10. The molecule has 42 heavy (non-hydrogen) atoms. The number of anilines is 2. The lowest BCUT2D eigenvalue weighted by atomic mass is 10.1. The van der Waals surface area contributed by atoms with Gasteiger partial charge in [-0.15, -0.1) is 0 Å². The minimum absolute atomic E-state index is 0.387. The lowest BCUT2D eigenvalue weighted by Gasteiger charge is -2.24. The van der Waals surface area contributed by atoms with Gasteiger partial charge in [0.05, 0.1) is 0 Å². The van der Waals surface area contributed by atoms with Crippen LogP contribution < -0.4 is 15.4 Å². The lowest BCUT2D eigenvalue weighted by molar-refractivity contribution is -0.138. The highest BCUT2D eigenvalue weighted by molar-refractivity contribution is 5.76. The molecule has 5 heterocycles. The molecule has 12 nitrogen and oxygen atoms in total. The maximum atomic E-state index is 12.2. The Kier molecular flexibility index (Phi) is 10.2. The van der Waals surface area contributed by atoms with Gasteiger partial charge in [-0.25, -0.2) is 29.4 Å². The van der Waals surface area contributed by atoms with E-state index in [9.17, 15) is 9.90 Å². The molecular weight excluding hydrogens is 534 g/mol. The van der Waals surface area contributed by atoms with E-state index in [-0.39, 0.29) is 0 Å². The van der Waals surface area contributed by atoms with E-state index in [1.54, 1.807) is 35.4 Å². The van der Waals surface area contributed by atoms with Crippen LogP contribution in [0, 0.1) is 0 Å². The van der Waals surface area contributed by atoms with Crippen LogP contribution in [0.25, 0.3) is 5.82 Å². The fourth-order valence-corrected chi connectivity index (χ4v) is 4.90. The van der Waals surface area contributed by atoms with Crippen molar-refractivity contribution < 1.29 is 14.6 Å². The van der Waals surface area contributed by atoms with E-state index in [2.05, 4.69) is 47.7 Å². The number of pyridine rings is 2. The summed E-state index contributed by atoms with van der Waals surface area (Å²) >= 11 is 0. The maximum Gasteiger partial charge on any atom is 0.326 e. The van der Waals surface area contributed by atoms with E-state index in [1.165, 1.54) is 11.9 Å². The van der Waals surface area contributed by atoms with E-state index >= 15 is 0 Å². The van der Waals surface area contributed by atoms with Crippen molar-refractivity contribution in [2.75, 3.05) is 43.4 Å². The van der Waals surface area contributed by atoms with Crippen LogP contribution in [0.3, 0.4) is 0 Å². The number of nitrogens with zero attached hydrogens (tertiary/aromatic N) is 7. The molecule has 4 aromatic rings. The third-order valence-electron chi connectivity index (χ3n) is 7.15. The zero-order valence-corrected chi connectivity index (χ0v) is 23.6. The van der Waals surface area contributed by atoms with Gasteiger partial charge in [-0.05, 0) is 68.8 Å². The van der Waals surface area contributed by atoms with Gasteiger partial charge < -0.3 is 20.5 Å². The van der Waals surface area contributed by atoms with E-state index in [0.29, 0.717) is 43.6 Å². The summed E-state index contributed by atoms with van der Waals surface area (Å²) in [4.78, 5) is 31.9. The number of carboxylic acid groups (broad SMARTS) is 1. The highest BCUT2D eigenvalue weighted by Crippen LogP contribution is 2.20. The SMILES string of the molecule is O=C(O)C(CCN(CCCCc1ccc2c(n1)NCCC2)CCOc1ccccn1)Nc1cc(-n2cccn2)ncn1. The Balaban J connectivity index is 1.15. The molecule has 0 amide bonds. The number of aliphatic carboxylic acids is 1. The van der Waals surface area contributed by atoms with Crippen LogP contribution in [-0.2, 0) is 17.6 Å². The summed E-state index contributed by atoms with van der Waals surface area (Å²) in [5.74, 6) is 1.65. The Bertz CT molecular complexity index is 1400. The molecule has 0 spiro atoms. The molecule has 1 aliphatic rings. The van der Waals surface area contributed by atoms with Gasteiger partial charge >= 0.3 is 5.97 Å². The van der Waals surface area contributed by atoms with Crippen LogP contribution in [0.5, 0.6) is 5.88 Å². The average molecular weight is 572 g/mol. The minimum Gasteiger partial charge on any atom is -0.480 e. The van der Waals surface area contributed by atoms with E-state index < -0.39 is 12.0 Å². The first kappa shape index (κ1) is 28.9. The van der Waals surface area contributed by atoms with Gasteiger partial charge in [0.25, 0.3) is 0 Å². The van der Waals surface area contributed by atoms with Crippen molar-refractivity contribution in [3.8, 4) is 11.7 Å². The van der Waals surface area contributed by atoms with Crippen LogP contribution in [-0.4, -0.2) is 84.5 Å². The number of fused-ring (bicyclic) bond motifs is 1. The number of aryl methyl sites for hydroxylation is 2. The van der Waals surface area contributed by atoms with Crippen molar-refractivity contribution >= 4 is 17.6 Å². The van der Waals surface area contributed by atoms with Gasteiger partial charge in [0.1, 0.15) is 30.6 Å². The summed E-state index contributed by atoms with van der Waals surface area (Å²) in [7, 11) is 0. The number of hydrogen-bond donors (Lipinski definition) is 3. The molecular formula is C30H37N9O3. The number of carboxylic acids is 1. The summed E-state index contributed by atoms with van der Waals surface area (Å²) in [6, 6.07) is 12.6. The fraction of sp³-hybridized carbons (Fsp3) is 0.400. The normalized spacial score (nSPS) is 13.3. The van der Waals surface area contributed by atoms with Crippen molar-refractivity contribution in [3.05, 3.63) is 78.6 Å². The first-order valence-electron chi connectivity index (χ1n) is 14.4. The predicted molar refractivity (Wildman–Crippen MR) is 159 cm³/mol. The van der Waals surface area contributed by atoms with Crippen LogP contribution in [0.2, 0.25) is 0 Å². The van der Waals surface area contributed by atoms with Gasteiger partial charge in [0.15, 0.2) is 5.82 Å². The summed E-state index contributed by atoms with van der Waals surface area (Å²) < 4.78 is 7.44. The van der Waals surface area contributed by atoms with Crippen LogP contribution in [0.4, 0.5) is 11.6 Å². The molecule has 0 fully saturated rings. The van der Waals surface area contributed by atoms with Crippen molar-refractivity contribution in [2.45, 2.75) is 44.6 Å². The molecule has 0 aliphatic carbocycles. The second-order valence-electron chi connectivity index (χ2n) is 10.2. The third kappa shape index (κ3) is 8.46. The highest BCUT2D eigenvalue weighted by Gasteiger charge is 2.20. The Hall–Kier alpha value is -4.58. The second-order valence-corrected chi connectivity index (χ2v) is 10.2. The highest BCUT2D eigenvalue weighted by atomic mass is 16.5. The van der Waals surface area contributed by atoms with Gasteiger partial charge in [-0.1, -0.05) is 12.1 Å².